The summed E-state index contributed by atoms with van der Waals surface area (Å²) < 4.78 is 6.01. The molecule has 0 atom stereocenters. The van der Waals surface area contributed by atoms with E-state index in [9.17, 15) is 4.79 Å². The van der Waals surface area contributed by atoms with E-state index in [4.69, 9.17) is 15.9 Å². The quantitative estimate of drug-likeness (QED) is 0.427. The van der Waals surface area contributed by atoms with Gasteiger partial charge in [-0.15, -0.1) is 5.10 Å². The van der Waals surface area contributed by atoms with Gasteiger partial charge in [0.15, 0.2) is 5.76 Å². The van der Waals surface area contributed by atoms with E-state index in [2.05, 4.69) is 36.3 Å². The summed E-state index contributed by atoms with van der Waals surface area (Å²) in [7, 11) is 0. The maximum absolute atomic E-state index is 12.9. The molecule has 0 aliphatic heterocycles. The molecular formula is C21H27N5O2. The highest BCUT2D eigenvalue weighted by atomic mass is 16.4. The first-order valence-corrected chi connectivity index (χ1v) is 9.39. The molecule has 1 amide bonds. The van der Waals surface area contributed by atoms with Gasteiger partial charge in [0.2, 0.25) is 5.96 Å². The fraction of sp³-hybridized carbons (Fsp3) is 0.381. The van der Waals surface area contributed by atoms with Gasteiger partial charge in [0.25, 0.3) is 5.91 Å². The predicted molar refractivity (Wildman–Crippen MR) is 112 cm³/mol. The summed E-state index contributed by atoms with van der Waals surface area (Å²) in [6.45, 7) is 8.16. The molecule has 1 aromatic carbocycles. The van der Waals surface area contributed by atoms with E-state index in [1.54, 1.807) is 0 Å². The lowest BCUT2D eigenvalue weighted by atomic mass is 9.75. The van der Waals surface area contributed by atoms with Crippen LogP contribution in [-0.2, 0) is 12.8 Å². The molecule has 0 spiro atoms. The first-order chi connectivity index (χ1) is 13.2. The second-order valence-electron chi connectivity index (χ2n) is 7.91. The average molecular weight is 381 g/mol. The van der Waals surface area contributed by atoms with Crippen molar-refractivity contribution in [2.45, 2.75) is 47.0 Å². The smallest absolute Gasteiger partial charge is 0.291 e. The zero-order valence-corrected chi connectivity index (χ0v) is 16.8. The number of nitrogens with two attached hydrogens (primary N) is 2. The number of carbonyl (C=O) groups excluding carboxylic acids is 1. The molecule has 0 bridgehead atoms. The van der Waals surface area contributed by atoms with Crippen LogP contribution in [0.3, 0.4) is 0 Å². The Balaban J connectivity index is 2.00. The largest absolute Gasteiger partial charge is 0.455 e. The normalized spacial score (nSPS) is 16.5. The highest BCUT2D eigenvalue weighted by Crippen LogP contribution is 2.39. The fourth-order valence-corrected chi connectivity index (χ4v) is 3.66. The van der Waals surface area contributed by atoms with Gasteiger partial charge in [-0.25, -0.2) is 0 Å². The molecule has 7 nitrogen and oxygen atoms in total. The number of guanidine groups is 1. The molecule has 148 valence electrons. The molecule has 0 saturated heterocycles. The van der Waals surface area contributed by atoms with Crippen molar-refractivity contribution >= 4 is 23.3 Å². The van der Waals surface area contributed by atoms with Gasteiger partial charge in [-0.1, -0.05) is 39.0 Å². The van der Waals surface area contributed by atoms with Crippen LogP contribution in [0.1, 0.15) is 60.2 Å². The third-order valence-electron chi connectivity index (χ3n) is 4.93. The van der Waals surface area contributed by atoms with E-state index in [-0.39, 0.29) is 17.3 Å². The lowest BCUT2D eigenvalue weighted by molar-refractivity contribution is 0.0992. The summed E-state index contributed by atoms with van der Waals surface area (Å²) in [4.78, 5) is 12.9. The van der Waals surface area contributed by atoms with Crippen molar-refractivity contribution in [2.24, 2.45) is 27.1 Å². The monoisotopic (exact) mass is 381 g/mol. The van der Waals surface area contributed by atoms with Crippen LogP contribution in [0.5, 0.6) is 0 Å². The van der Waals surface area contributed by atoms with Crippen molar-refractivity contribution in [1.82, 2.24) is 0 Å². The van der Waals surface area contributed by atoms with Crippen LogP contribution in [0.15, 0.2) is 38.9 Å². The predicted octanol–water partition coefficient (Wildman–Crippen LogP) is 3.35. The van der Waals surface area contributed by atoms with E-state index in [1.807, 2.05) is 31.2 Å². The topological polar surface area (TPSA) is 119 Å². The van der Waals surface area contributed by atoms with Crippen LogP contribution in [0.2, 0.25) is 0 Å². The standard InChI is InChI=1S/C21H27N5O2/c1-5-13-8-6-7-9-14(13)24-19(27)18-12(2)17-15(25-26-20(22)23)10-21(3,4)11-16(17)28-18/h6-9H,5,10-11H2,1-4H3,(H,24,27)(H4,22,23,26)/b25-15-. The number of carbonyl (C=O) groups is 1. The van der Waals surface area contributed by atoms with E-state index in [0.717, 1.165) is 40.3 Å². The van der Waals surface area contributed by atoms with Gasteiger partial charge in [0, 0.05) is 23.2 Å². The first-order valence-electron chi connectivity index (χ1n) is 9.39. The minimum atomic E-state index is -0.271. The van der Waals surface area contributed by atoms with Gasteiger partial charge in [-0.05, 0) is 36.8 Å². The lowest BCUT2D eigenvalue weighted by Gasteiger charge is -2.29. The summed E-state index contributed by atoms with van der Waals surface area (Å²) in [5.41, 5.74) is 15.0. The van der Waals surface area contributed by atoms with Gasteiger partial charge < -0.3 is 21.2 Å². The zero-order chi connectivity index (χ0) is 20.5. The van der Waals surface area contributed by atoms with Crippen LogP contribution in [0.4, 0.5) is 5.69 Å². The second-order valence-corrected chi connectivity index (χ2v) is 7.91. The van der Waals surface area contributed by atoms with Gasteiger partial charge in [-0.2, -0.15) is 5.10 Å². The Kier molecular flexibility index (Phi) is 5.27. The van der Waals surface area contributed by atoms with Crippen molar-refractivity contribution in [1.29, 1.82) is 0 Å². The van der Waals surface area contributed by atoms with Crippen molar-refractivity contribution < 1.29 is 9.21 Å². The molecule has 1 aliphatic rings. The highest BCUT2D eigenvalue weighted by Gasteiger charge is 2.36. The minimum absolute atomic E-state index is 0.0719. The summed E-state index contributed by atoms with van der Waals surface area (Å²) >= 11 is 0. The maximum Gasteiger partial charge on any atom is 0.291 e. The Morgan fingerprint density at radius 1 is 1.25 bits per heavy atom. The number of hydrogen-bond acceptors (Lipinski definition) is 4. The number of nitrogens with zero attached hydrogens (tertiary/aromatic N) is 2. The third kappa shape index (κ3) is 3.93. The molecule has 0 unspecified atom stereocenters. The number of furan rings is 1. The lowest BCUT2D eigenvalue weighted by Crippen LogP contribution is -2.27. The molecule has 0 radical (unpaired) electrons. The summed E-state index contributed by atoms with van der Waals surface area (Å²) in [5, 5.41) is 11.0. The van der Waals surface area contributed by atoms with Crippen LogP contribution < -0.4 is 16.8 Å². The molecule has 2 aromatic rings. The van der Waals surface area contributed by atoms with Crippen LogP contribution in [0, 0.1) is 12.3 Å². The summed E-state index contributed by atoms with van der Waals surface area (Å²) in [6, 6.07) is 7.75. The number of anilines is 1. The van der Waals surface area contributed by atoms with E-state index >= 15 is 0 Å². The number of aryl methyl sites for hydroxylation is 1. The molecule has 28 heavy (non-hydrogen) atoms. The average Bonchev–Trinajstić information content (AvgIpc) is 2.95. The Hall–Kier alpha value is -3.09. The number of hydrogen-bond donors (Lipinski definition) is 3. The van der Waals surface area contributed by atoms with E-state index < -0.39 is 0 Å². The number of nitrogens with one attached hydrogen (secondary N) is 1. The third-order valence-corrected chi connectivity index (χ3v) is 4.93. The molecule has 1 aromatic heterocycles. The Labute approximate surface area is 164 Å². The molecule has 1 heterocycles. The van der Waals surface area contributed by atoms with Crippen molar-refractivity contribution in [3.8, 4) is 0 Å². The Bertz CT molecular complexity index is 965. The Morgan fingerprint density at radius 2 is 1.96 bits per heavy atom. The van der Waals surface area contributed by atoms with Gasteiger partial charge in [0.1, 0.15) is 5.76 Å². The van der Waals surface area contributed by atoms with Crippen LogP contribution >= 0.6 is 0 Å². The SMILES string of the molecule is CCc1ccccc1NC(=O)c1oc2c(c1C)/C(=N\N=C(N)N)CC(C)(C)C2. The van der Waals surface area contributed by atoms with Crippen molar-refractivity contribution in [3.05, 3.63) is 52.5 Å². The molecule has 0 fully saturated rings. The molecule has 7 heteroatoms. The second kappa shape index (κ2) is 7.50. The first kappa shape index (κ1) is 19.7. The van der Waals surface area contributed by atoms with Gasteiger partial charge in [0.05, 0.1) is 5.71 Å². The zero-order valence-electron chi connectivity index (χ0n) is 16.8. The maximum atomic E-state index is 12.9. The molecule has 3 rings (SSSR count). The fourth-order valence-electron chi connectivity index (χ4n) is 3.66. The summed E-state index contributed by atoms with van der Waals surface area (Å²) in [6.07, 6.45) is 2.23. The highest BCUT2D eigenvalue weighted by molar-refractivity contribution is 6.09. The van der Waals surface area contributed by atoms with Gasteiger partial charge in [-0.3, -0.25) is 4.79 Å². The molecule has 0 saturated carbocycles. The van der Waals surface area contributed by atoms with E-state index in [1.165, 1.54) is 0 Å². The molecule has 5 N–H and O–H groups in total. The van der Waals surface area contributed by atoms with Crippen LogP contribution in [0.25, 0.3) is 0 Å². The molecule has 1 aliphatic carbocycles. The van der Waals surface area contributed by atoms with Crippen molar-refractivity contribution in [2.75, 3.05) is 5.32 Å². The van der Waals surface area contributed by atoms with Crippen LogP contribution in [-0.4, -0.2) is 17.6 Å². The number of amides is 1. The summed E-state index contributed by atoms with van der Waals surface area (Å²) in [5.74, 6) is 0.665. The minimum Gasteiger partial charge on any atom is -0.455 e. The molecular weight excluding hydrogens is 354 g/mol. The van der Waals surface area contributed by atoms with Crippen molar-refractivity contribution in [3.63, 3.8) is 0 Å². The van der Waals surface area contributed by atoms with E-state index in [0.29, 0.717) is 18.6 Å². The Morgan fingerprint density at radius 3 is 2.64 bits per heavy atom. The number of benzene rings is 1. The number of para-hydroxylation sites is 1. The number of rotatable bonds is 4. The van der Waals surface area contributed by atoms with Gasteiger partial charge >= 0.3 is 0 Å². The number of fused-ring (bicyclic) bond motifs is 1.